The van der Waals surface area contributed by atoms with E-state index in [0.29, 0.717) is 18.5 Å². The molecule has 3 N–H and O–H groups in total. The number of hydrogen-bond donors (Lipinski definition) is 3. The number of carboxylic acid groups (broad SMARTS) is 2. The molecule has 3 aromatic carbocycles. The van der Waals surface area contributed by atoms with E-state index >= 15 is 0 Å². The third kappa shape index (κ3) is 6.54. The fourth-order valence-electron chi connectivity index (χ4n) is 3.67. The topological polar surface area (TPSA) is 104 Å². The fourth-order valence-corrected chi connectivity index (χ4v) is 3.67. The molecule has 164 valence electrons. The minimum Gasteiger partial charge on any atom is -0.481 e. The summed E-state index contributed by atoms with van der Waals surface area (Å²) < 4.78 is 0. The SMILES string of the molecule is O=C(O)c1cccc(NC(=O)[C@@H](Cc2ccccc2)C[C@H](Cc2ccccc2)C(=O)O)c1. The molecule has 6 nitrogen and oxygen atoms in total. The highest BCUT2D eigenvalue weighted by Gasteiger charge is 2.28. The Morgan fingerprint density at radius 1 is 0.719 bits per heavy atom. The van der Waals surface area contributed by atoms with Crippen molar-refractivity contribution in [2.45, 2.75) is 19.3 Å². The van der Waals surface area contributed by atoms with Crippen LogP contribution in [0, 0.1) is 11.8 Å². The lowest BCUT2D eigenvalue weighted by Gasteiger charge is -2.21. The summed E-state index contributed by atoms with van der Waals surface area (Å²) in [6.07, 6.45) is 0.858. The van der Waals surface area contributed by atoms with E-state index in [1.807, 2.05) is 60.7 Å². The van der Waals surface area contributed by atoms with Crippen molar-refractivity contribution in [1.82, 2.24) is 0 Å². The minimum absolute atomic E-state index is 0.0647. The van der Waals surface area contributed by atoms with Crippen LogP contribution in [0.15, 0.2) is 84.9 Å². The summed E-state index contributed by atoms with van der Waals surface area (Å²) in [5.74, 6) is -3.71. The smallest absolute Gasteiger partial charge is 0.335 e. The van der Waals surface area contributed by atoms with Gasteiger partial charge in [-0.1, -0.05) is 66.7 Å². The van der Waals surface area contributed by atoms with Gasteiger partial charge >= 0.3 is 11.9 Å². The number of hydrogen-bond acceptors (Lipinski definition) is 3. The van der Waals surface area contributed by atoms with Gasteiger partial charge < -0.3 is 15.5 Å². The summed E-state index contributed by atoms with van der Waals surface area (Å²) in [5, 5.41) is 21.8. The Morgan fingerprint density at radius 3 is 1.81 bits per heavy atom. The molecule has 6 heteroatoms. The monoisotopic (exact) mass is 431 g/mol. The highest BCUT2D eigenvalue weighted by Crippen LogP contribution is 2.24. The van der Waals surface area contributed by atoms with Crippen LogP contribution in [0.1, 0.15) is 27.9 Å². The zero-order chi connectivity index (χ0) is 22.9. The molecule has 0 fully saturated rings. The first-order chi connectivity index (χ1) is 15.4. The molecule has 0 saturated heterocycles. The van der Waals surface area contributed by atoms with Crippen LogP contribution in [-0.4, -0.2) is 28.1 Å². The highest BCUT2D eigenvalue weighted by atomic mass is 16.4. The largest absolute Gasteiger partial charge is 0.481 e. The second kappa shape index (κ2) is 10.9. The minimum atomic E-state index is -1.09. The van der Waals surface area contributed by atoms with Crippen LogP contribution in [-0.2, 0) is 22.4 Å². The number of anilines is 1. The Morgan fingerprint density at radius 2 is 1.28 bits per heavy atom. The Balaban J connectivity index is 1.81. The second-order valence-corrected chi connectivity index (χ2v) is 7.72. The zero-order valence-electron chi connectivity index (χ0n) is 17.5. The van der Waals surface area contributed by atoms with Crippen molar-refractivity contribution in [2.75, 3.05) is 5.32 Å². The van der Waals surface area contributed by atoms with E-state index in [1.165, 1.54) is 12.1 Å². The molecule has 0 bridgehead atoms. The first kappa shape index (κ1) is 22.7. The van der Waals surface area contributed by atoms with Crippen molar-refractivity contribution in [3.8, 4) is 0 Å². The second-order valence-electron chi connectivity index (χ2n) is 7.72. The van der Waals surface area contributed by atoms with Crippen LogP contribution < -0.4 is 5.32 Å². The Bertz CT molecular complexity index is 1070. The van der Waals surface area contributed by atoms with Crippen LogP contribution in [0.3, 0.4) is 0 Å². The van der Waals surface area contributed by atoms with Crippen LogP contribution in [0.4, 0.5) is 5.69 Å². The molecule has 0 radical (unpaired) electrons. The van der Waals surface area contributed by atoms with Gasteiger partial charge in [0, 0.05) is 11.6 Å². The number of carbonyl (C=O) groups is 3. The molecule has 0 spiro atoms. The van der Waals surface area contributed by atoms with Crippen LogP contribution >= 0.6 is 0 Å². The van der Waals surface area contributed by atoms with Crippen LogP contribution in [0.2, 0.25) is 0 Å². The van der Waals surface area contributed by atoms with Gasteiger partial charge in [0.25, 0.3) is 0 Å². The quantitative estimate of drug-likeness (QED) is 0.438. The standard InChI is InChI=1S/C26H25NO5/c28-24(27-23-13-7-12-20(17-23)25(29)30)21(14-18-8-3-1-4-9-18)16-22(26(31)32)15-19-10-5-2-6-11-19/h1-13,17,21-22H,14-16H2,(H,27,28)(H,29,30)(H,31,32)/t21-,22-/m0/s1. The van der Waals surface area contributed by atoms with Crippen molar-refractivity contribution >= 4 is 23.5 Å². The van der Waals surface area contributed by atoms with E-state index < -0.39 is 23.8 Å². The van der Waals surface area contributed by atoms with E-state index in [1.54, 1.807) is 12.1 Å². The summed E-state index contributed by atoms with van der Waals surface area (Å²) >= 11 is 0. The van der Waals surface area contributed by atoms with Crippen molar-refractivity contribution in [2.24, 2.45) is 11.8 Å². The normalized spacial score (nSPS) is 12.5. The number of nitrogens with one attached hydrogen (secondary N) is 1. The molecule has 0 aliphatic carbocycles. The number of carbonyl (C=O) groups excluding carboxylic acids is 1. The van der Waals surface area contributed by atoms with Crippen LogP contribution in [0.5, 0.6) is 0 Å². The Kier molecular flexibility index (Phi) is 7.75. The van der Waals surface area contributed by atoms with E-state index in [0.717, 1.165) is 11.1 Å². The van der Waals surface area contributed by atoms with Gasteiger partial charge in [0.15, 0.2) is 0 Å². The van der Waals surface area contributed by atoms with Gasteiger partial charge in [-0.25, -0.2) is 4.79 Å². The molecule has 0 unspecified atom stereocenters. The molecular weight excluding hydrogens is 406 g/mol. The summed E-state index contributed by atoms with van der Waals surface area (Å²) in [7, 11) is 0. The molecular formula is C26H25NO5. The highest BCUT2D eigenvalue weighted by molar-refractivity contribution is 5.95. The molecule has 0 heterocycles. The predicted molar refractivity (Wildman–Crippen MR) is 122 cm³/mol. The van der Waals surface area contributed by atoms with E-state index in [-0.39, 0.29) is 17.9 Å². The lowest BCUT2D eigenvalue weighted by molar-refractivity contribution is -0.142. The number of amides is 1. The zero-order valence-corrected chi connectivity index (χ0v) is 17.5. The maximum absolute atomic E-state index is 13.2. The van der Waals surface area contributed by atoms with Gasteiger partial charge in [0.1, 0.15) is 0 Å². The van der Waals surface area contributed by atoms with E-state index in [2.05, 4.69) is 5.32 Å². The first-order valence-corrected chi connectivity index (χ1v) is 10.4. The average molecular weight is 431 g/mol. The summed E-state index contributed by atoms with van der Waals surface area (Å²) in [4.78, 5) is 36.4. The van der Waals surface area contributed by atoms with E-state index in [9.17, 15) is 24.6 Å². The summed E-state index contributed by atoms with van der Waals surface area (Å²) in [5.41, 5.74) is 2.25. The van der Waals surface area contributed by atoms with Crippen molar-refractivity contribution in [1.29, 1.82) is 0 Å². The van der Waals surface area contributed by atoms with Gasteiger partial charge in [-0.15, -0.1) is 0 Å². The summed E-state index contributed by atoms with van der Waals surface area (Å²) in [6, 6.07) is 24.8. The Hall–Kier alpha value is -3.93. The number of carboxylic acids is 2. The van der Waals surface area contributed by atoms with Crippen molar-refractivity contribution in [3.63, 3.8) is 0 Å². The number of benzene rings is 3. The molecule has 32 heavy (non-hydrogen) atoms. The molecule has 0 aliphatic rings. The van der Waals surface area contributed by atoms with Gasteiger partial charge in [-0.05, 0) is 48.6 Å². The predicted octanol–water partition coefficient (Wildman–Crippen LogP) is 4.52. The average Bonchev–Trinajstić information content (AvgIpc) is 2.79. The lowest BCUT2D eigenvalue weighted by atomic mass is 9.85. The van der Waals surface area contributed by atoms with Crippen LogP contribution in [0.25, 0.3) is 0 Å². The molecule has 0 aromatic heterocycles. The summed E-state index contributed by atoms with van der Waals surface area (Å²) in [6.45, 7) is 0. The number of aliphatic carboxylic acids is 1. The van der Waals surface area contributed by atoms with Gasteiger partial charge in [-0.2, -0.15) is 0 Å². The lowest BCUT2D eigenvalue weighted by Crippen LogP contribution is -2.30. The molecule has 0 saturated carbocycles. The number of rotatable bonds is 10. The van der Waals surface area contributed by atoms with E-state index in [4.69, 9.17) is 0 Å². The maximum Gasteiger partial charge on any atom is 0.335 e. The van der Waals surface area contributed by atoms with Gasteiger partial charge in [-0.3, -0.25) is 9.59 Å². The van der Waals surface area contributed by atoms with Gasteiger partial charge in [0.05, 0.1) is 11.5 Å². The molecule has 0 aliphatic heterocycles. The third-order valence-electron chi connectivity index (χ3n) is 5.32. The van der Waals surface area contributed by atoms with Gasteiger partial charge in [0.2, 0.25) is 5.91 Å². The fraction of sp³-hybridized carbons (Fsp3) is 0.192. The first-order valence-electron chi connectivity index (χ1n) is 10.4. The third-order valence-corrected chi connectivity index (χ3v) is 5.32. The Labute approximate surface area is 186 Å². The molecule has 3 rings (SSSR count). The molecule has 1 amide bonds. The van der Waals surface area contributed by atoms with Crippen molar-refractivity contribution < 1.29 is 24.6 Å². The van der Waals surface area contributed by atoms with Crippen molar-refractivity contribution in [3.05, 3.63) is 102 Å². The maximum atomic E-state index is 13.2. The molecule has 3 aromatic rings. The number of aromatic carboxylic acids is 1. The molecule has 2 atom stereocenters.